The van der Waals surface area contributed by atoms with Crippen molar-refractivity contribution in [3.63, 3.8) is 0 Å². The predicted molar refractivity (Wildman–Crippen MR) is 116 cm³/mol. The fourth-order valence-corrected chi connectivity index (χ4v) is 3.76. The van der Waals surface area contributed by atoms with Gasteiger partial charge < -0.3 is 4.90 Å². The average Bonchev–Trinajstić information content (AvgIpc) is 2.77. The van der Waals surface area contributed by atoms with Crippen molar-refractivity contribution in [2.24, 2.45) is 0 Å². The Hall–Kier alpha value is -3.67. The molecule has 0 atom stereocenters. The van der Waals surface area contributed by atoms with Gasteiger partial charge in [0.05, 0.1) is 16.6 Å². The number of hydrogen-bond acceptors (Lipinski definition) is 2. The van der Waals surface area contributed by atoms with Crippen LogP contribution in [0.25, 0.3) is 22.0 Å². The Bertz CT molecular complexity index is 1270. The lowest BCUT2D eigenvalue weighted by molar-refractivity contribution is -0.136. The van der Waals surface area contributed by atoms with Crippen LogP contribution in [0.4, 0.5) is 18.9 Å². The number of fused-ring (bicyclic) bond motifs is 1. The van der Waals surface area contributed by atoms with Crippen molar-refractivity contribution in [3.8, 4) is 11.1 Å². The summed E-state index contributed by atoms with van der Waals surface area (Å²) in [6, 6.07) is 20.3. The Morgan fingerprint density at radius 3 is 2.26 bits per heavy atom. The number of halogens is 3. The average molecular weight is 420 g/mol. The molecule has 0 radical (unpaired) electrons. The van der Waals surface area contributed by atoms with E-state index in [9.17, 15) is 18.0 Å². The third kappa shape index (κ3) is 3.77. The number of nitrogens with zero attached hydrogens (tertiary/aromatic N) is 2. The summed E-state index contributed by atoms with van der Waals surface area (Å²) in [5.74, 6) is -0.347. The fourth-order valence-electron chi connectivity index (χ4n) is 3.76. The zero-order chi connectivity index (χ0) is 22.2. The summed E-state index contributed by atoms with van der Waals surface area (Å²) in [6.07, 6.45) is -3.30. The van der Waals surface area contributed by atoms with E-state index in [0.29, 0.717) is 11.1 Å². The molecule has 0 aliphatic heterocycles. The Balaban J connectivity index is 1.98. The number of para-hydroxylation sites is 2. The highest BCUT2D eigenvalue weighted by Crippen LogP contribution is 2.39. The van der Waals surface area contributed by atoms with E-state index in [4.69, 9.17) is 0 Å². The van der Waals surface area contributed by atoms with Crippen LogP contribution in [0.3, 0.4) is 0 Å². The standard InChI is InChI=1S/C25H19F3N2O/c1-16-9-6-7-14-21(16)30(2)24(31)19-15-29-23-18(12-8-13-20(23)25(26,27)28)22(19)17-10-4-3-5-11-17/h3-15H,1-2H3. The van der Waals surface area contributed by atoms with Gasteiger partial charge in [-0.3, -0.25) is 9.78 Å². The van der Waals surface area contributed by atoms with Crippen LogP contribution in [0, 0.1) is 6.92 Å². The van der Waals surface area contributed by atoms with Crippen LogP contribution in [-0.2, 0) is 6.18 Å². The molecule has 3 nitrogen and oxygen atoms in total. The summed E-state index contributed by atoms with van der Waals surface area (Å²) in [7, 11) is 1.65. The second kappa shape index (κ2) is 7.87. The first-order valence-corrected chi connectivity index (χ1v) is 9.67. The third-order valence-electron chi connectivity index (χ3n) is 5.28. The van der Waals surface area contributed by atoms with Crippen molar-refractivity contribution >= 4 is 22.5 Å². The summed E-state index contributed by atoms with van der Waals surface area (Å²) in [5, 5.41) is 0.282. The molecule has 0 bridgehead atoms. The van der Waals surface area contributed by atoms with E-state index in [0.717, 1.165) is 17.3 Å². The largest absolute Gasteiger partial charge is 0.418 e. The number of benzene rings is 3. The van der Waals surface area contributed by atoms with Crippen molar-refractivity contribution < 1.29 is 18.0 Å². The van der Waals surface area contributed by atoms with Crippen LogP contribution in [0.15, 0.2) is 79.0 Å². The minimum atomic E-state index is -4.55. The van der Waals surface area contributed by atoms with Crippen LogP contribution in [-0.4, -0.2) is 17.9 Å². The van der Waals surface area contributed by atoms with Crippen molar-refractivity contribution in [3.05, 3.63) is 95.7 Å². The van der Waals surface area contributed by atoms with Gasteiger partial charge in [-0.25, -0.2) is 0 Å². The Labute approximate surface area is 177 Å². The lowest BCUT2D eigenvalue weighted by Gasteiger charge is -2.22. The SMILES string of the molecule is Cc1ccccc1N(C)C(=O)c1cnc2c(C(F)(F)F)cccc2c1-c1ccccc1. The van der Waals surface area contributed by atoms with E-state index in [1.807, 2.05) is 37.3 Å². The van der Waals surface area contributed by atoms with Crippen LogP contribution in [0.1, 0.15) is 21.5 Å². The predicted octanol–water partition coefficient (Wildman–Crippen LogP) is 6.51. The topological polar surface area (TPSA) is 33.2 Å². The zero-order valence-corrected chi connectivity index (χ0v) is 16.9. The molecular formula is C25H19F3N2O. The monoisotopic (exact) mass is 420 g/mol. The number of carbonyl (C=O) groups excluding carboxylic acids is 1. The molecule has 0 spiro atoms. The second-order valence-electron chi connectivity index (χ2n) is 7.26. The van der Waals surface area contributed by atoms with E-state index in [-0.39, 0.29) is 22.4 Å². The molecule has 6 heteroatoms. The van der Waals surface area contributed by atoms with E-state index >= 15 is 0 Å². The minimum absolute atomic E-state index is 0.177. The quantitative estimate of drug-likeness (QED) is 0.379. The van der Waals surface area contributed by atoms with Gasteiger partial charge in [-0.2, -0.15) is 13.2 Å². The first-order chi connectivity index (χ1) is 14.8. The Morgan fingerprint density at radius 1 is 0.903 bits per heavy atom. The molecular weight excluding hydrogens is 401 g/mol. The highest BCUT2D eigenvalue weighted by Gasteiger charge is 2.34. The van der Waals surface area contributed by atoms with Gasteiger partial charge in [-0.15, -0.1) is 0 Å². The molecule has 0 saturated heterocycles. The van der Waals surface area contributed by atoms with Crippen LogP contribution in [0.5, 0.6) is 0 Å². The van der Waals surface area contributed by atoms with Crippen LogP contribution < -0.4 is 4.90 Å². The zero-order valence-electron chi connectivity index (χ0n) is 16.9. The van der Waals surface area contributed by atoms with Gasteiger partial charge in [-0.05, 0) is 30.2 Å². The number of rotatable bonds is 3. The van der Waals surface area contributed by atoms with Gasteiger partial charge >= 0.3 is 6.18 Å². The number of hydrogen-bond donors (Lipinski definition) is 0. The molecule has 156 valence electrons. The molecule has 4 aromatic rings. The number of carbonyl (C=O) groups is 1. The van der Waals surface area contributed by atoms with Crippen LogP contribution in [0.2, 0.25) is 0 Å². The summed E-state index contributed by atoms with van der Waals surface area (Å²) in [5.41, 5.74) is 1.95. The normalized spacial score (nSPS) is 11.5. The van der Waals surface area contributed by atoms with Crippen molar-refractivity contribution in [2.45, 2.75) is 13.1 Å². The van der Waals surface area contributed by atoms with E-state index in [1.54, 1.807) is 37.4 Å². The number of anilines is 1. The first kappa shape index (κ1) is 20.6. The molecule has 3 aromatic carbocycles. The van der Waals surface area contributed by atoms with Gasteiger partial charge in [0.1, 0.15) is 0 Å². The van der Waals surface area contributed by atoms with Crippen LogP contribution >= 0.6 is 0 Å². The van der Waals surface area contributed by atoms with E-state index in [2.05, 4.69) is 4.98 Å². The smallest absolute Gasteiger partial charge is 0.311 e. The minimum Gasteiger partial charge on any atom is -0.311 e. The maximum atomic E-state index is 13.6. The molecule has 1 amide bonds. The fraction of sp³-hybridized carbons (Fsp3) is 0.120. The summed E-state index contributed by atoms with van der Waals surface area (Å²) < 4.78 is 40.8. The maximum Gasteiger partial charge on any atom is 0.418 e. The van der Waals surface area contributed by atoms with Gasteiger partial charge in [0.15, 0.2) is 0 Å². The molecule has 0 fully saturated rings. The maximum absolute atomic E-state index is 13.6. The molecule has 0 aliphatic carbocycles. The molecule has 0 unspecified atom stereocenters. The molecule has 0 aliphatic rings. The van der Waals surface area contributed by atoms with E-state index in [1.165, 1.54) is 17.2 Å². The highest BCUT2D eigenvalue weighted by molar-refractivity contribution is 6.14. The first-order valence-electron chi connectivity index (χ1n) is 9.67. The summed E-state index contributed by atoms with van der Waals surface area (Å²) in [6.45, 7) is 1.89. The lowest BCUT2D eigenvalue weighted by atomic mass is 9.94. The van der Waals surface area contributed by atoms with Crippen molar-refractivity contribution in [2.75, 3.05) is 11.9 Å². The molecule has 0 saturated carbocycles. The number of aryl methyl sites for hydroxylation is 1. The summed E-state index contributed by atoms with van der Waals surface area (Å²) in [4.78, 5) is 19.1. The molecule has 4 rings (SSSR count). The number of aromatic nitrogens is 1. The van der Waals surface area contributed by atoms with E-state index < -0.39 is 11.7 Å². The Morgan fingerprint density at radius 2 is 1.58 bits per heavy atom. The van der Waals surface area contributed by atoms with Gasteiger partial charge in [0.2, 0.25) is 0 Å². The molecule has 1 heterocycles. The number of alkyl halides is 3. The van der Waals surface area contributed by atoms with Crippen molar-refractivity contribution in [1.82, 2.24) is 4.98 Å². The highest BCUT2D eigenvalue weighted by atomic mass is 19.4. The summed E-state index contributed by atoms with van der Waals surface area (Å²) >= 11 is 0. The van der Waals surface area contributed by atoms with Gasteiger partial charge in [0.25, 0.3) is 5.91 Å². The Kier molecular flexibility index (Phi) is 5.23. The van der Waals surface area contributed by atoms with Crippen molar-refractivity contribution in [1.29, 1.82) is 0 Å². The number of pyridine rings is 1. The number of amides is 1. The molecule has 0 N–H and O–H groups in total. The van der Waals surface area contributed by atoms with Gasteiger partial charge in [0, 0.05) is 29.9 Å². The third-order valence-corrected chi connectivity index (χ3v) is 5.28. The molecule has 31 heavy (non-hydrogen) atoms. The molecule has 1 aromatic heterocycles. The lowest BCUT2D eigenvalue weighted by Crippen LogP contribution is -2.27. The second-order valence-corrected chi connectivity index (χ2v) is 7.26. The van der Waals surface area contributed by atoms with Gasteiger partial charge in [-0.1, -0.05) is 60.7 Å².